The molecule has 0 atom stereocenters. The molecule has 0 aliphatic carbocycles. The van der Waals surface area contributed by atoms with E-state index in [4.69, 9.17) is 5.73 Å². The lowest BCUT2D eigenvalue weighted by atomic mass is 10.1. The second kappa shape index (κ2) is 7.60. The Balaban J connectivity index is 1.66. The molecule has 20 heavy (non-hydrogen) atoms. The van der Waals surface area contributed by atoms with Gasteiger partial charge in [0.25, 0.3) is 0 Å². The van der Waals surface area contributed by atoms with E-state index in [0.29, 0.717) is 18.7 Å². The molecular formula is C16H18N2OS. The molecule has 0 spiro atoms. The molecule has 0 unspecified atom stereocenters. The Bertz CT molecular complexity index is 540. The summed E-state index contributed by atoms with van der Waals surface area (Å²) in [5.74, 6) is 0.917. The van der Waals surface area contributed by atoms with E-state index < -0.39 is 0 Å². The van der Waals surface area contributed by atoms with Gasteiger partial charge in [-0.2, -0.15) is 0 Å². The Morgan fingerprint density at radius 3 is 2.45 bits per heavy atom. The van der Waals surface area contributed by atoms with Crippen molar-refractivity contribution in [3.63, 3.8) is 0 Å². The standard InChI is InChI=1S/C16H18N2OS/c17-14-8-6-13(7-9-14)12-16(19)18-10-11-20-15-4-2-1-3-5-15/h1-9H,10-12,17H2,(H,18,19). The normalized spacial score (nSPS) is 10.2. The molecule has 3 nitrogen and oxygen atoms in total. The van der Waals surface area contributed by atoms with Crippen molar-refractivity contribution >= 4 is 23.4 Å². The Kier molecular flexibility index (Phi) is 5.50. The largest absolute Gasteiger partial charge is 0.399 e. The fraction of sp³-hybridized carbons (Fsp3) is 0.188. The zero-order chi connectivity index (χ0) is 14.2. The van der Waals surface area contributed by atoms with Crippen molar-refractivity contribution in [2.75, 3.05) is 18.0 Å². The van der Waals surface area contributed by atoms with Gasteiger partial charge >= 0.3 is 0 Å². The molecule has 0 aliphatic heterocycles. The summed E-state index contributed by atoms with van der Waals surface area (Å²) in [6.45, 7) is 0.674. The number of nitrogens with one attached hydrogen (secondary N) is 1. The van der Waals surface area contributed by atoms with Crippen molar-refractivity contribution < 1.29 is 4.79 Å². The molecule has 2 rings (SSSR count). The zero-order valence-electron chi connectivity index (χ0n) is 11.2. The SMILES string of the molecule is Nc1ccc(CC(=O)NCCSc2ccccc2)cc1. The van der Waals surface area contributed by atoms with Crippen molar-refractivity contribution in [1.29, 1.82) is 0 Å². The predicted molar refractivity (Wildman–Crippen MR) is 84.7 cm³/mol. The Hall–Kier alpha value is -1.94. The van der Waals surface area contributed by atoms with Crippen LogP contribution >= 0.6 is 11.8 Å². The van der Waals surface area contributed by atoms with Crippen LogP contribution in [-0.2, 0) is 11.2 Å². The second-order valence-corrected chi connectivity index (χ2v) is 5.60. The molecule has 2 aromatic carbocycles. The number of rotatable bonds is 6. The van der Waals surface area contributed by atoms with E-state index in [1.165, 1.54) is 4.90 Å². The zero-order valence-corrected chi connectivity index (χ0v) is 12.0. The Labute approximate surface area is 123 Å². The molecule has 0 fully saturated rings. The molecule has 1 amide bonds. The summed E-state index contributed by atoms with van der Waals surface area (Å²) in [7, 11) is 0. The number of benzene rings is 2. The maximum absolute atomic E-state index is 11.8. The van der Waals surface area contributed by atoms with Crippen molar-refractivity contribution in [2.24, 2.45) is 0 Å². The van der Waals surface area contributed by atoms with Gasteiger partial charge < -0.3 is 11.1 Å². The van der Waals surface area contributed by atoms with Crippen LogP contribution in [0.3, 0.4) is 0 Å². The number of nitrogens with two attached hydrogens (primary N) is 1. The maximum atomic E-state index is 11.8. The van der Waals surface area contributed by atoms with Crippen LogP contribution in [0.15, 0.2) is 59.5 Å². The number of hydrogen-bond acceptors (Lipinski definition) is 3. The number of carbonyl (C=O) groups excluding carboxylic acids is 1. The summed E-state index contributed by atoms with van der Waals surface area (Å²) in [6, 6.07) is 17.6. The third kappa shape index (κ3) is 4.97. The van der Waals surface area contributed by atoms with Crippen LogP contribution in [0.2, 0.25) is 0 Å². The highest BCUT2D eigenvalue weighted by Crippen LogP contribution is 2.15. The topological polar surface area (TPSA) is 55.1 Å². The van der Waals surface area contributed by atoms with E-state index in [1.807, 2.05) is 42.5 Å². The average molecular weight is 286 g/mol. The molecule has 4 heteroatoms. The summed E-state index contributed by atoms with van der Waals surface area (Å²) in [6.07, 6.45) is 0.399. The van der Waals surface area contributed by atoms with Crippen LogP contribution in [0.5, 0.6) is 0 Å². The summed E-state index contributed by atoms with van der Waals surface area (Å²) < 4.78 is 0. The van der Waals surface area contributed by atoms with Crippen molar-refractivity contribution in [3.05, 3.63) is 60.2 Å². The third-order valence-corrected chi connectivity index (χ3v) is 3.79. The predicted octanol–water partition coefficient (Wildman–Crippen LogP) is 2.72. The highest BCUT2D eigenvalue weighted by Gasteiger charge is 2.02. The third-order valence-electron chi connectivity index (χ3n) is 2.78. The minimum atomic E-state index is 0.0448. The van der Waals surface area contributed by atoms with Gasteiger partial charge in [-0.15, -0.1) is 11.8 Å². The number of anilines is 1. The highest BCUT2D eigenvalue weighted by atomic mass is 32.2. The smallest absolute Gasteiger partial charge is 0.224 e. The first-order chi connectivity index (χ1) is 9.74. The van der Waals surface area contributed by atoms with E-state index in [9.17, 15) is 4.79 Å². The van der Waals surface area contributed by atoms with Crippen LogP contribution < -0.4 is 11.1 Å². The van der Waals surface area contributed by atoms with Gasteiger partial charge in [-0.25, -0.2) is 0 Å². The first-order valence-electron chi connectivity index (χ1n) is 6.53. The minimum Gasteiger partial charge on any atom is -0.399 e. The monoisotopic (exact) mass is 286 g/mol. The molecule has 3 N–H and O–H groups in total. The minimum absolute atomic E-state index is 0.0448. The molecule has 0 saturated carbocycles. The molecule has 0 saturated heterocycles. The quantitative estimate of drug-likeness (QED) is 0.488. The van der Waals surface area contributed by atoms with Crippen molar-refractivity contribution in [3.8, 4) is 0 Å². The van der Waals surface area contributed by atoms with E-state index in [-0.39, 0.29) is 5.91 Å². The van der Waals surface area contributed by atoms with Gasteiger partial charge in [0.2, 0.25) is 5.91 Å². The number of carbonyl (C=O) groups is 1. The molecule has 0 aliphatic rings. The van der Waals surface area contributed by atoms with Gasteiger partial charge in [0.15, 0.2) is 0 Å². The molecule has 0 aromatic heterocycles. The molecule has 0 bridgehead atoms. The van der Waals surface area contributed by atoms with Crippen LogP contribution in [0, 0.1) is 0 Å². The Morgan fingerprint density at radius 1 is 1.05 bits per heavy atom. The second-order valence-electron chi connectivity index (χ2n) is 4.43. The van der Waals surface area contributed by atoms with Crippen molar-refractivity contribution in [2.45, 2.75) is 11.3 Å². The first kappa shape index (κ1) is 14.5. The van der Waals surface area contributed by atoms with Gasteiger partial charge in [0, 0.05) is 22.9 Å². The number of hydrogen-bond donors (Lipinski definition) is 2. The first-order valence-corrected chi connectivity index (χ1v) is 7.51. The molecule has 0 heterocycles. The summed E-state index contributed by atoms with van der Waals surface area (Å²) >= 11 is 1.74. The van der Waals surface area contributed by atoms with Gasteiger partial charge in [-0.3, -0.25) is 4.79 Å². The van der Waals surface area contributed by atoms with Gasteiger partial charge in [0.05, 0.1) is 6.42 Å². The van der Waals surface area contributed by atoms with Crippen LogP contribution in [0.4, 0.5) is 5.69 Å². The summed E-state index contributed by atoms with van der Waals surface area (Å²) in [5.41, 5.74) is 7.30. The fourth-order valence-corrected chi connectivity index (χ4v) is 2.55. The van der Waals surface area contributed by atoms with Crippen LogP contribution in [-0.4, -0.2) is 18.2 Å². The fourth-order valence-electron chi connectivity index (χ4n) is 1.76. The van der Waals surface area contributed by atoms with Gasteiger partial charge in [-0.1, -0.05) is 30.3 Å². The molecular weight excluding hydrogens is 268 g/mol. The number of thioether (sulfide) groups is 1. The van der Waals surface area contributed by atoms with Crippen molar-refractivity contribution in [1.82, 2.24) is 5.32 Å². The van der Waals surface area contributed by atoms with E-state index in [1.54, 1.807) is 11.8 Å². The van der Waals surface area contributed by atoms with E-state index in [0.717, 1.165) is 11.3 Å². The molecule has 0 radical (unpaired) electrons. The summed E-state index contributed by atoms with van der Waals surface area (Å²) in [4.78, 5) is 13.0. The number of amides is 1. The lowest BCUT2D eigenvalue weighted by Crippen LogP contribution is -2.27. The van der Waals surface area contributed by atoms with Crippen LogP contribution in [0.1, 0.15) is 5.56 Å². The summed E-state index contributed by atoms with van der Waals surface area (Å²) in [5, 5.41) is 2.92. The van der Waals surface area contributed by atoms with Gasteiger partial charge in [0.1, 0.15) is 0 Å². The number of nitrogen functional groups attached to an aromatic ring is 1. The lowest BCUT2D eigenvalue weighted by Gasteiger charge is -2.05. The molecule has 104 valence electrons. The van der Waals surface area contributed by atoms with E-state index >= 15 is 0 Å². The average Bonchev–Trinajstić information content (AvgIpc) is 2.47. The van der Waals surface area contributed by atoms with E-state index in [2.05, 4.69) is 17.4 Å². The maximum Gasteiger partial charge on any atom is 0.224 e. The molecule has 2 aromatic rings. The Morgan fingerprint density at radius 2 is 1.75 bits per heavy atom. The lowest BCUT2D eigenvalue weighted by molar-refractivity contribution is -0.120. The van der Waals surface area contributed by atoms with Crippen LogP contribution in [0.25, 0.3) is 0 Å². The van der Waals surface area contributed by atoms with Gasteiger partial charge in [-0.05, 0) is 29.8 Å². The highest BCUT2D eigenvalue weighted by molar-refractivity contribution is 7.99.